The molecule has 0 bridgehead atoms. The van der Waals surface area contributed by atoms with Gasteiger partial charge in [0.2, 0.25) is 5.91 Å². The zero-order chi connectivity index (χ0) is 17.9. The second-order valence-electron chi connectivity index (χ2n) is 6.28. The smallest absolute Gasteiger partial charge is 0.229 e. The number of pyridine rings is 1. The van der Waals surface area contributed by atoms with Crippen LogP contribution >= 0.6 is 0 Å². The molecule has 1 N–H and O–H groups in total. The monoisotopic (exact) mass is 347 g/mol. The van der Waals surface area contributed by atoms with Crippen LogP contribution in [-0.2, 0) is 17.6 Å². The minimum atomic E-state index is -0.310. The lowest BCUT2D eigenvalue weighted by molar-refractivity contribution is -0.115. The molecule has 3 aromatic rings. The molecule has 0 atom stereocenters. The zero-order valence-electron chi connectivity index (χ0n) is 14.2. The van der Waals surface area contributed by atoms with E-state index >= 15 is 0 Å². The van der Waals surface area contributed by atoms with E-state index < -0.39 is 0 Å². The average molecular weight is 347 g/mol. The quantitative estimate of drug-likeness (QED) is 0.773. The molecule has 2 aromatic carbocycles. The summed E-state index contributed by atoms with van der Waals surface area (Å²) < 4.78 is 12.9. The molecule has 0 fully saturated rings. The van der Waals surface area contributed by atoms with Crippen LogP contribution in [0.5, 0.6) is 0 Å². The van der Waals surface area contributed by atoms with Gasteiger partial charge in [-0.3, -0.25) is 4.79 Å². The van der Waals surface area contributed by atoms with Gasteiger partial charge in [0.15, 0.2) is 0 Å². The summed E-state index contributed by atoms with van der Waals surface area (Å²) in [7, 11) is 0. The predicted octanol–water partition coefficient (Wildman–Crippen LogP) is 4.10. The van der Waals surface area contributed by atoms with Gasteiger partial charge in [0.25, 0.3) is 0 Å². The number of carbonyl (C=O) groups is 1. The number of carbonyl (C=O) groups excluding carboxylic acids is 1. The van der Waals surface area contributed by atoms with E-state index in [0.29, 0.717) is 5.82 Å². The van der Waals surface area contributed by atoms with Gasteiger partial charge in [0.05, 0.1) is 18.3 Å². The van der Waals surface area contributed by atoms with E-state index in [2.05, 4.69) is 33.4 Å². The Hall–Kier alpha value is -3.21. The molecule has 130 valence electrons. The average Bonchev–Trinajstić information content (AvgIpc) is 3.08. The van der Waals surface area contributed by atoms with Crippen molar-refractivity contribution in [2.75, 3.05) is 16.8 Å². The van der Waals surface area contributed by atoms with E-state index in [1.807, 2.05) is 12.1 Å². The van der Waals surface area contributed by atoms with Crippen LogP contribution in [0.1, 0.15) is 11.1 Å². The maximum absolute atomic E-state index is 12.9. The van der Waals surface area contributed by atoms with Crippen LogP contribution in [0, 0.1) is 5.82 Å². The topological polar surface area (TPSA) is 45.2 Å². The highest BCUT2D eigenvalue weighted by atomic mass is 19.1. The van der Waals surface area contributed by atoms with Gasteiger partial charge in [-0.05, 0) is 47.9 Å². The van der Waals surface area contributed by atoms with Crippen LogP contribution in [-0.4, -0.2) is 17.4 Å². The first-order chi connectivity index (χ1) is 12.7. The van der Waals surface area contributed by atoms with Crippen molar-refractivity contribution in [2.45, 2.75) is 12.8 Å². The lowest BCUT2D eigenvalue weighted by Gasteiger charge is -2.19. The molecular weight excluding hydrogens is 329 g/mol. The number of aromatic nitrogens is 1. The maximum Gasteiger partial charge on any atom is 0.229 e. The first-order valence-electron chi connectivity index (χ1n) is 8.55. The molecule has 0 aliphatic carbocycles. The number of fused-ring (bicyclic) bond motifs is 1. The summed E-state index contributed by atoms with van der Waals surface area (Å²) in [4.78, 5) is 18.7. The van der Waals surface area contributed by atoms with E-state index in [1.165, 1.54) is 23.4 Å². The SMILES string of the molecule is O=C(Cc1ccc(F)cc1)Nc1ccc(N2CCc3ccccc32)cn1. The Kier molecular flexibility index (Phi) is 4.35. The minimum absolute atomic E-state index is 0.177. The fourth-order valence-electron chi connectivity index (χ4n) is 3.20. The number of rotatable bonds is 4. The molecule has 2 heterocycles. The Labute approximate surface area is 151 Å². The van der Waals surface area contributed by atoms with Crippen LogP contribution in [0.25, 0.3) is 0 Å². The lowest BCUT2D eigenvalue weighted by atomic mass is 10.1. The molecule has 26 heavy (non-hydrogen) atoms. The van der Waals surface area contributed by atoms with Crippen molar-refractivity contribution in [1.82, 2.24) is 4.98 Å². The Balaban J connectivity index is 1.42. The maximum atomic E-state index is 12.9. The summed E-state index contributed by atoms with van der Waals surface area (Å²) in [5, 5.41) is 2.78. The normalized spacial score (nSPS) is 12.7. The zero-order valence-corrected chi connectivity index (χ0v) is 14.2. The molecule has 0 unspecified atom stereocenters. The largest absolute Gasteiger partial charge is 0.340 e. The molecule has 1 aromatic heterocycles. The van der Waals surface area contributed by atoms with Gasteiger partial charge in [-0.1, -0.05) is 30.3 Å². The molecule has 4 nitrogen and oxygen atoms in total. The molecule has 0 saturated carbocycles. The number of para-hydroxylation sites is 1. The summed E-state index contributed by atoms with van der Waals surface area (Å²) >= 11 is 0. The number of nitrogens with one attached hydrogen (secondary N) is 1. The first kappa shape index (κ1) is 16.3. The molecule has 0 saturated heterocycles. The summed E-state index contributed by atoms with van der Waals surface area (Å²) in [6.07, 6.45) is 2.98. The molecule has 1 amide bonds. The van der Waals surface area contributed by atoms with Crippen molar-refractivity contribution in [3.8, 4) is 0 Å². The van der Waals surface area contributed by atoms with Gasteiger partial charge in [-0.2, -0.15) is 0 Å². The molecule has 0 radical (unpaired) electrons. The highest BCUT2D eigenvalue weighted by Crippen LogP contribution is 2.33. The highest BCUT2D eigenvalue weighted by molar-refractivity contribution is 5.91. The van der Waals surface area contributed by atoms with Gasteiger partial charge < -0.3 is 10.2 Å². The number of nitrogens with zero attached hydrogens (tertiary/aromatic N) is 2. The Bertz CT molecular complexity index is 923. The van der Waals surface area contributed by atoms with E-state index in [1.54, 1.807) is 24.4 Å². The van der Waals surface area contributed by atoms with Crippen molar-refractivity contribution in [3.05, 3.63) is 83.8 Å². The molecule has 5 heteroatoms. The molecule has 1 aliphatic rings. The van der Waals surface area contributed by atoms with Crippen molar-refractivity contribution in [2.24, 2.45) is 0 Å². The third-order valence-corrected chi connectivity index (χ3v) is 4.49. The predicted molar refractivity (Wildman–Crippen MR) is 100 cm³/mol. The lowest BCUT2D eigenvalue weighted by Crippen LogP contribution is -2.16. The Morgan fingerprint density at radius 3 is 2.65 bits per heavy atom. The number of hydrogen-bond acceptors (Lipinski definition) is 3. The van der Waals surface area contributed by atoms with Gasteiger partial charge >= 0.3 is 0 Å². The van der Waals surface area contributed by atoms with Crippen molar-refractivity contribution in [3.63, 3.8) is 0 Å². The number of anilines is 3. The Morgan fingerprint density at radius 1 is 1.08 bits per heavy atom. The van der Waals surface area contributed by atoms with E-state index in [4.69, 9.17) is 0 Å². The highest BCUT2D eigenvalue weighted by Gasteiger charge is 2.19. The van der Waals surface area contributed by atoms with Gasteiger partial charge in [-0.15, -0.1) is 0 Å². The molecular formula is C21H18FN3O. The summed E-state index contributed by atoms with van der Waals surface area (Å²) in [5.41, 5.74) is 4.31. The first-order valence-corrected chi connectivity index (χ1v) is 8.55. The van der Waals surface area contributed by atoms with E-state index in [9.17, 15) is 9.18 Å². The number of hydrogen-bond donors (Lipinski definition) is 1. The summed E-state index contributed by atoms with van der Waals surface area (Å²) in [6, 6.07) is 18.0. The van der Waals surface area contributed by atoms with Crippen molar-refractivity contribution < 1.29 is 9.18 Å². The second-order valence-corrected chi connectivity index (χ2v) is 6.28. The van der Waals surface area contributed by atoms with Crippen LogP contribution < -0.4 is 10.2 Å². The Morgan fingerprint density at radius 2 is 1.88 bits per heavy atom. The minimum Gasteiger partial charge on any atom is -0.340 e. The van der Waals surface area contributed by atoms with Crippen LogP contribution in [0.3, 0.4) is 0 Å². The molecule has 4 rings (SSSR count). The number of amides is 1. The van der Waals surface area contributed by atoms with Crippen LogP contribution in [0.4, 0.5) is 21.6 Å². The standard InChI is InChI=1S/C21H18FN3O/c22-17-7-5-15(6-8-17)13-21(26)24-20-10-9-18(14-23-20)25-12-11-16-3-1-2-4-19(16)25/h1-10,14H,11-13H2,(H,23,24,26). The van der Waals surface area contributed by atoms with Crippen molar-refractivity contribution in [1.29, 1.82) is 0 Å². The fourth-order valence-corrected chi connectivity index (χ4v) is 3.20. The van der Waals surface area contributed by atoms with Crippen LogP contribution in [0.2, 0.25) is 0 Å². The van der Waals surface area contributed by atoms with Gasteiger partial charge in [-0.25, -0.2) is 9.37 Å². The third kappa shape index (κ3) is 3.42. The van der Waals surface area contributed by atoms with Crippen LogP contribution in [0.15, 0.2) is 66.9 Å². The number of halogens is 1. The van der Waals surface area contributed by atoms with Crippen molar-refractivity contribution >= 4 is 23.1 Å². The van der Waals surface area contributed by atoms with E-state index in [0.717, 1.165) is 24.2 Å². The van der Waals surface area contributed by atoms with Gasteiger partial charge in [0, 0.05) is 12.2 Å². The van der Waals surface area contributed by atoms with Gasteiger partial charge in [0.1, 0.15) is 11.6 Å². The number of benzene rings is 2. The molecule has 1 aliphatic heterocycles. The molecule has 0 spiro atoms. The fraction of sp³-hybridized carbons (Fsp3) is 0.143. The second kappa shape index (κ2) is 6.96. The van der Waals surface area contributed by atoms with E-state index in [-0.39, 0.29) is 18.1 Å². The third-order valence-electron chi connectivity index (χ3n) is 4.49. The summed E-state index contributed by atoms with van der Waals surface area (Å²) in [5.74, 6) is 0.0200. The summed E-state index contributed by atoms with van der Waals surface area (Å²) in [6.45, 7) is 0.928.